The molecule has 4 rings (SSSR count). The third-order valence-corrected chi connectivity index (χ3v) is 3.82. The Morgan fingerprint density at radius 3 is 2.78 bits per heavy atom. The monoisotopic (exact) mass is 326 g/mol. The first-order valence-corrected chi connectivity index (χ1v) is 7.15. The number of benzene rings is 2. The summed E-state index contributed by atoms with van der Waals surface area (Å²) in [5, 5.41) is 20.2. The minimum Gasteiger partial charge on any atom is -0.504 e. The first-order valence-electron chi connectivity index (χ1n) is 6.71. The Kier molecular flexibility index (Phi) is 2.85. The van der Waals surface area contributed by atoms with Gasteiger partial charge in [-0.1, -0.05) is 0 Å². The van der Waals surface area contributed by atoms with Crippen molar-refractivity contribution >= 4 is 34.6 Å². The van der Waals surface area contributed by atoms with Crippen molar-refractivity contribution in [2.75, 3.05) is 0 Å². The van der Waals surface area contributed by atoms with Crippen LogP contribution < -0.4 is 5.43 Å². The fraction of sp³-hybridized carbons (Fsp3) is 0. The standard InChI is InChI=1S/C16H10N2O4S/c19-11-4-2-8-12(20)6-13(22-15(8)14(11)21)7-1-3-9-10(5-7)18-16(23)17-9/h1-6,19,21H,(H2,17,18,23). The second-order valence-corrected chi connectivity index (χ2v) is 5.50. The van der Waals surface area contributed by atoms with Crippen LogP contribution in [0.25, 0.3) is 33.3 Å². The molecule has 2 heterocycles. The fourth-order valence-corrected chi connectivity index (χ4v) is 2.71. The van der Waals surface area contributed by atoms with Gasteiger partial charge in [0.1, 0.15) is 5.76 Å². The lowest BCUT2D eigenvalue weighted by molar-refractivity contribution is 0.400. The average molecular weight is 326 g/mol. The predicted octanol–water partition coefficient (Wildman–Crippen LogP) is 3.04. The molecule has 4 aromatic rings. The molecule has 0 amide bonds. The number of aromatic nitrogens is 2. The number of hydrogen-bond acceptors (Lipinski definition) is 6. The van der Waals surface area contributed by atoms with Gasteiger partial charge in [-0.05, 0) is 30.3 Å². The molecular formula is C16H10N2O4S. The fourth-order valence-electron chi connectivity index (χ4n) is 2.48. The molecule has 0 spiro atoms. The van der Waals surface area contributed by atoms with Gasteiger partial charge in [-0.3, -0.25) is 4.79 Å². The summed E-state index contributed by atoms with van der Waals surface area (Å²) >= 11 is 4.15. The van der Waals surface area contributed by atoms with Gasteiger partial charge in [-0.25, -0.2) is 4.98 Å². The van der Waals surface area contributed by atoms with Crippen molar-refractivity contribution in [2.45, 2.75) is 5.16 Å². The molecule has 0 saturated heterocycles. The highest BCUT2D eigenvalue weighted by Crippen LogP contribution is 2.34. The van der Waals surface area contributed by atoms with E-state index in [1.54, 1.807) is 18.2 Å². The second kappa shape index (κ2) is 4.79. The van der Waals surface area contributed by atoms with Crippen LogP contribution in [0.2, 0.25) is 0 Å². The van der Waals surface area contributed by atoms with Crippen LogP contribution in [0.15, 0.2) is 50.8 Å². The highest BCUT2D eigenvalue weighted by Gasteiger charge is 2.14. The molecule has 7 heteroatoms. The zero-order valence-corrected chi connectivity index (χ0v) is 12.5. The third kappa shape index (κ3) is 2.13. The van der Waals surface area contributed by atoms with E-state index in [9.17, 15) is 15.0 Å². The first-order chi connectivity index (χ1) is 11.0. The Morgan fingerprint density at radius 1 is 1.13 bits per heavy atom. The van der Waals surface area contributed by atoms with Crippen LogP contribution in [0.1, 0.15) is 0 Å². The number of aromatic amines is 1. The van der Waals surface area contributed by atoms with Gasteiger partial charge in [0, 0.05) is 11.6 Å². The van der Waals surface area contributed by atoms with Crippen LogP contribution in [0.4, 0.5) is 0 Å². The lowest BCUT2D eigenvalue weighted by Crippen LogP contribution is -2.00. The van der Waals surface area contributed by atoms with Crippen molar-refractivity contribution in [1.29, 1.82) is 0 Å². The lowest BCUT2D eigenvalue weighted by Gasteiger charge is -2.05. The first kappa shape index (κ1) is 13.7. The number of phenols is 2. The zero-order valence-electron chi connectivity index (χ0n) is 11.6. The summed E-state index contributed by atoms with van der Waals surface area (Å²) in [6, 6.07) is 9.30. The summed E-state index contributed by atoms with van der Waals surface area (Å²) < 4.78 is 5.63. The van der Waals surface area contributed by atoms with Crippen molar-refractivity contribution in [3.63, 3.8) is 0 Å². The van der Waals surface area contributed by atoms with E-state index >= 15 is 0 Å². The molecule has 6 nitrogen and oxygen atoms in total. The topological polar surface area (TPSA) is 99.4 Å². The molecule has 23 heavy (non-hydrogen) atoms. The van der Waals surface area contributed by atoms with E-state index < -0.39 is 5.75 Å². The van der Waals surface area contributed by atoms with Gasteiger partial charge >= 0.3 is 0 Å². The van der Waals surface area contributed by atoms with Crippen molar-refractivity contribution < 1.29 is 14.6 Å². The van der Waals surface area contributed by atoms with Gasteiger partial charge in [0.25, 0.3) is 0 Å². The smallest absolute Gasteiger partial charge is 0.201 e. The van der Waals surface area contributed by atoms with Crippen LogP contribution >= 0.6 is 12.6 Å². The molecule has 0 aliphatic rings. The van der Waals surface area contributed by atoms with Crippen LogP contribution in [-0.2, 0) is 0 Å². The molecule has 0 atom stereocenters. The summed E-state index contributed by atoms with van der Waals surface area (Å²) in [5.74, 6) is -0.533. The van der Waals surface area contributed by atoms with E-state index in [1.165, 1.54) is 18.2 Å². The Balaban J connectivity index is 2.00. The maximum atomic E-state index is 12.2. The molecule has 114 valence electrons. The van der Waals surface area contributed by atoms with Gasteiger partial charge < -0.3 is 19.6 Å². The molecule has 3 N–H and O–H groups in total. The van der Waals surface area contributed by atoms with Gasteiger partial charge in [0.15, 0.2) is 21.9 Å². The lowest BCUT2D eigenvalue weighted by atomic mass is 10.1. The van der Waals surface area contributed by atoms with Gasteiger partial charge in [0.05, 0.1) is 16.4 Å². The van der Waals surface area contributed by atoms with Crippen molar-refractivity contribution in [2.24, 2.45) is 0 Å². The largest absolute Gasteiger partial charge is 0.504 e. The Morgan fingerprint density at radius 2 is 1.96 bits per heavy atom. The van der Waals surface area contributed by atoms with Crippen molar-refractivity contribution in [3.8, 4) is 22.8 Å². The highest BCUT2D eigenvalue weighted by molar-refractivity contribution is 7.80. The Hall–Kier alpha value is -2.93. The van der Waals surface area contributed by atoms with Gasteiger partial charge in [-0.15, -0.1) is 12.6 Å². The average Bonchev–Trinajstić information content (AvgIpc) is 2.90. The zero-order chi connectivity index (χ0) is 16.1. The number of rotatable bonds is 1. The molecule has 0 unspecified atom stereocenters. The van der Waals surface area contributed by atoms with E-state index in [0.29, 0.717) is 16.2 Å². The van der Waals surface area contributed by atoms with Gasteiger partial charge in [-0.2, -0.15) is 0 Å². The van der Waals surface area contributed by atoms with Crippen LogP contribution in [0, 0.1) is 0 Å². The molecule has 0 bridgehead atoms. The molecule has 0 aliphatic carbocycles. The number of nitrogens with one attached hydrogen (secondary N) is 1. The summed E-state index contributed by atoms with van der Waals surface area (Å²) in [4.78, 5) is 19.4. The quantitative estimate of drug-likeness (QED) is 0.318. The van der Waals surface area contributed by atoms with Crippen LogP contribution in [-0.4, -0.2) is 20.2 Å². The van der Waals surface area contributed by atoms with E-state index in [1.807, 2.05) is 0 Å². The SMILES string of the molecule is O=c1cc(-c2ccc3[nH]c(S)nc3c2)oc2c(O)c(O)ccc12. The maximum absolute atomic E-state index is 12.2. The Bertz CT molecular complexity index is 1130. The minimum atomic E-state index is -0.458. The number of phenolic OH excluding ortho intramolecular Hbond substituents is 2. The van der Waals surface area contributed by atoms with E-state index in [2.05, 4.69) is 22.6 Å². The number of H-pyrrole nitrogens is 1. The van der Waals surface area contributed by atoms with Crippen molar-refractivity contribution in [3.05, 3.63) is 46.6 Å². The summed E-state index contributed by atoms with van der Waals surface area (Å²) in [6.45, 7) is 0. The molecular weight excluding hydrogens is 316 g/mol. The van der Waals surface area contributed by atoms with Gasteiger partial charge in [0.2, 0.25) is 5.75 Å². The molecule has 0 saturated carbocycles. The summed E-state index contributed by atoms with van der Waals surface area (Å²) in [7, 11) is 0. The number of imidazole rings is 1. The normalized spacial score (nSPS) is 11.3. The van der Waals surface area contributed by atoms with Crippen molar-refractivity contribution in [1.82, 2.24) is 9.97 Å². The number of aromatic hydroxyl groups is 2. The third-order valence-electron chi connectivity index (χ3n) is 3.60. The number of hydrogen-bond donors (Lipinski definition) is 4. The van der Waals surface area contributed by atoms with Crippen LogP contribution in [0.3, 0.4) is 0 Å². The number of nitrogens with zero attached hydrogens (tertiary/aromatic N) is 1. The minimum absolute atomic E-state index is 0.0514. The maximum Gasteiger partial charge on any atom is 0.201 e. The second-order valence-electron chi connectivity index (χ2n) is 5.08. The molecule has 0 aliphatic heterocycles. The number of thiol groups is 1. The Labute approximate surface area is 134 Å². The molecule has 2 aromatic heterocycles. The summed E-state index contributed by atoms with van der Waals surface area (Å²) in [6.07, 6.45) is 0. The summed E-state index contributed by atoms with van der Waals surface area (Å²) in [5.41, 5.74) is 1.75. The van der Waals surface area contributed by atoms with Crippen LogP contribution in [0.5, 0.6) is 11.5 Å². The number of fused-ring (bicyclic) bond motifs is 2. The predicted molar refractivity (Wildman–Crippen MR) is 88.2 cm³/mol. The van der Waals surface area contributed by atoms with E-state index in [4.69, 9.17) is 4.42 Å². The highest BCUT2D eigenvalue weighted by atomic mass is 32.1. The molecule has 0 fully saturated rings. The van der Waals surface area contributed by atoms with E-state index in [-0.39, 0.29) is 27.9 Å². The molecule has 2 aromatic carbocycles. The molecule has 0 radical (unpaired) electrons. The van der Waals surface area contributed by atoms with E-state index in [0.717, 1.165) is 5.52 Å².